The third-order valence-electron chi connectivity index (χ3n) is 2.24. The second-order valence-corrected chi connectivity index (χ2v) is 4.00. The van der Waals surface area contributed by atoms with Gasteiger partial charge in [-0.15, -0.1) is 0 Å². The molecule has 1 N–H and O–H groups in total. The largest absolute Gasteiger partial charge is 0.497 e. The Labute approximate surface area is 98.1 Å². The van der Waals surface area contributed by atoms with Crippen molar-refractivity contribution in [2.75, 3.05) is 14.2 Å². The van der Waals surface area contributed by atoms with Crippen molar-refractivity contribution in [3.05, 3.63) is 22.2 Å². The summed E-state index contributed by atoms with van der Waals surface area (Å²) in [6.45, 7) is 1.92. The molecule has 84 valence electrons. The molecule has 4 heteroatoms. The normalized spacial score (nSPS) is 12.3. The standard InChI is InChI=1S/C11H15BrO3/c1-4-9(13)11-8(12)5-7(14-2)6-10(11)15-3/h5-6,9,13H,4H2,1-3H3/t9-/m1/s1. The predicted molar refractivity (Wildman–Crippen MR) is 62.5 cm³/mol. The second kappa shape index (κ2) is 5.37. The molecule has 1 aromatic carbocycles. The molecule has 0 saturated carbocycles. The van der Waals surface area contributed by atoms with Crippen molar-refractivity contribution < 1.29 is 14.6 Å². The molecule has 0 spiro atoms. The average molecular weight is 275 g/mol. The van der Waals surface area contributed by atoms with Crippen LogP contribution in [-0.4, -0.2) is 19.3 Å². The van der Waals surface area contributed by atoms with E-state index in [0.717, 1.165) is 10.0 Å². The van der Waals surface area contributed by atoms with Crippen LogP contribution in [-0.2, 0) is 0 Å². The SMILES string of the molecule is CC[C@@H](O)c1c(Br)cc(OC)cc1OC. The van der Waals surface area contributed by atoms with E-state index in [1.54, 1.807) is 20.3 Å². The van der Waals surface area contributed by atoms with Crippen molar-refractivity contribution in [2.45, 2.75) is 19.4 Å². The molecule has 0 heterocycles. The topological polar surface area (TPSA) is 38.7 Å². The molecule has 0 radical (unpaired) electrons. The van der Waals surface area contributed by atoms with Gasteiger partial charge in [0.05, 0.1) is 20.3 Å². The van der Waals surface area contributed by atoms with Crippen LogP contribution in [0.5, 0.6) is 11.5 Å². The minimum Gasteiger partial charge on any atom is -0.497 e. The maximum Gasteiger partial charge on any atom is 0.129 e. The minimum atomic E-state index is -0.528. The number of aliphatic hydroxyl groups is 1. The number of halogens is 1. The Kier molecular flexibility index (Phi) is 4.42. The molecule has 15 heavy (non-hydrogen) atoms. The van der Waals surface area contributed by atoms with Crippen LogP contribution in [0.4, 0.5) is 0 Å². The number of methoxy groups -OCH3 is 2. The van der Waals surface area contributed by atoms with Crippen LogP contribution in [0.25, 0.3) is 0 Å². The number of aliphatic hydroxyl groups excluding tert-OH is 1. The summed E-state index contributed by atoms with van der Waals surface area (Å²) < 4.78 is 11.1. The summed E-state index contributed by atoms with van der Waals surface area (Å²) in [6, 6.07) is 3.58. The Morgan fingerprint density at radius 1 is 1.33 bits per heavy atom. The maximum atomic E-state index is 9.83. The molecule has 0 aliphatic carbocycles. The van der Waals surface area contributed by atoms with E-state index in [1.807, 2.05) is 13.0 Å². The minimum absolute atomic E-state index is 0.528. The molecular weight excluding hydrogens is 260 g/mol. The lowest BCUT2D eigenvalue weighted by atomic mass is 10.1. The first-order chi connectivity index (χ1) is 7.13. The summed E-state index contributed by atoms with van der Waals surface area (Å²) in [5.41, 5.74) is 0.765. The van der Waals surface area contributed by atoms with Gasteiger partial charge in [-0.1, -0.05) is 22.9 Å². The number of ether oxygens (including phenoxy) is 2. The maximum absolute atomic E-state index is 9.83. The Hall–Kier alpha value is -0.740. The molecule has 1 atom stereocenters. The van der Waals surface area contributed by atoms with Crippen molar-refractivity contribution in [1.82, 2.24) is 0 Å². The van der Waals surface area contributed by atoms with Crippen LogP contribution in [0.15, 0.2) is 16.6 Å². The first-order valence-electron chi connectivity index (χ1n) is 4.73. The van der Waals surface area contributed by atoms with Crippen LogP contribution < -0.4 is 9.47 Å². The molecular formula is C11H15BrO3. The molecule has 0 saturated heterocycles. The molecule has 0 amide bonds. The Balaban J connectivity index is 3.24. The fraction of sp³-hybridized carbons (Fsp3) is 0.455. The molecule has 1 rings (SSSR count). The summed E-state index contributed by atoms with van der Waals surface area (Å²) in [5.74, 6) is 1.33. The highest BCUT2D eigenvalue weighted by Crippen LogP contribution is 2.37. The van der Waals surface area contributed by atoms with Gasteiger partial charge in [0.15, 0.2) is 0 Å². The van der Waals surface area contributed by atoms with E-state index in [1.165, 1.54) is 0 Å². The second-order valence-electron chi connectivity index (χ2n) is 3.15. The van der Waals surface area contributed by atoms with Gasteiger partial charge in [0.25, 0.3) is 0 Å². The quantitative estimate of drug-likeness (QED) is 0.918. The van der Waals surface area contributed by atoms with Crippen LogP contribution >= 0.6 is 15.9 Å². The Morgan fingerprint density at radius 3 is 2.47 bits per heavy atom. The van der Waals surface area contributed by atoms with E-state index < -0.39 is 6.10 Å². The highest BCUT2D eigenvalue weighted by molar-refractivity contribution is 9.10. The highest BCUT2D eigenvalue weighted by Gasteiger charge is 2.16. The number of benzene rings is 1. The molecule has 0 aliphatic rings. The van der Waals surface area contributed by atoms with Crippen molar-refractivity contribution in [1.29, 1.82) is 0 Å². The Bertz CT molecular complexity index is 339. The van der Waals surface area contributed by atoms with Gasteiger partial charge in [-0.2, -0.15) is 0 Å². The highest BCUT2D eigenvalue weighted by atomic mass is 79.9. The van der Waals surface area contributed by atoms with E-state index in [4.69, 9.17) is 9.47 Å². The summed E-state index contributed by atoms with van der Waals surface area (Å²) in [6.07, 6.45) is 0.113. The van der Waals surface area contributed by atoms with Crippen LogP contribution in [0.3, 0.4) is 0 Å². The third kappa shape index (κ3) is 2.63. The van der Waals surface area contributed by atoms with Gasteiger partial charge in [0.1, 0.15) is 11.5 Å². The summed E-state index contributed by atoms with van der Waals surface area (Å²) in [4.78, 5) is 0. The molecule has 1 aromatic rings. The Morgan fingerprint density at radius 2 is 2.00 bits per heavy atom. The van der Waals surface area contributed by atoms with Crippen LogP contribution in [0.2, 0.25) is 0 Å². The van der Waals surface area contributed by atoms with Crippen molar-refractivity contribution in [3.8, 4) is 11.5 Å². The summed E-state index contributed by atoms with van der Waals surface area (Å²) >= 11 is 3.40. The van der Waals surface area contributed by atoms with Gasteiger partial charge >= 0.3 is 0 Å². The van der Waals surface area contributed by atoms with Gasteiger partial charge in [-0.3, -0.25) is 0 Å². The van der Waals surface area contributed by atoms with E-state index >= 15 is 0 Å². The van der Waals surface area contributed by atoms with E-state index in [-0.39, 0.29) is 0 Å². The van der Waals surface area contributed by atoms with Crippen molar-refractivity contribution in [2.24, 2.45) is 0 Å². The number of hydrogen-bond acceptors (Lipinski definition) is 3. The van der Waals surface area contributed by atoms with Crippen LogP contribution in [0.1, 0.15) is 25.0 Å². The lowest BCUT2D eigenvalue weighted by Crippen LogP contribution is -2.01. The van der Waals surface area contributed by atoms with E-state index in [2.05, 4.69) is 15.9 Å². The fourth-order valence-corrected chi connectivity index (χ4v) is 2.07. The first-order valence-corrected chi connectivity index (χ1v) is 5.52. The lowest BCUT2D eigenvalue weighted by Gasteiger charge is -2.16. The number of rotatable bonds is 4. The van der Waals surface area contributed by atoms with Gasteiger partial charge in [0.2, 0.25) is 0 Å². The smallest absolute Gasteiger partial charge is 0.129 e. The molecule has 3 nitrogen and oxygen atoms in total. The molecule has 0 unspecified atom stereocenters. The zero-order chi connectivity index (χ0) is 11.4. The zero-order valence-electron chi connectivity index (χ0n) is 9.08. The molecule has 0 bridgehead atoms. The number of hydrogen-bond donors (Lipinski definition) is 1. The van der Waals surface area contributed by atoms with Crippen molar-refractivity contribution in [3.63, 3.8) is 0 Å². The summed E-state index contributed by atoms with van der Waals surface area (Å²) in [7, 11) is 3.17. The van der Waals surface area contributed by atoms with Gasteiger partial charge < -0.3 is 14.6 Å². The fourth-order valence-electron chi connectivity index (χ4n) is 1.38. The monoisotopic (exact) mass is 274 g/mol. The van der Waals surface area contributed by atoms with Gasteiger partial charge in [0, 0.05) is 16.1 Å². The summed E-state index contributed by atoms with van der Waals surface area (Å²) in [5, 5.41) is 9.83. The predicted octanol–water partition coefficient (Wildman–Crippen LogP) is 2.91. The molecule has 0 fully saturated rings. The van der Waals surface area contributed by atoms with E-state index in [0.29, 0.717) is 17.9 Å². The van der Waals surface area contributed by atoms with Crippen molar-refractivity contribution >= 4 is 15.9 Å². The van der Waals surface area contributed by atoms with Gasteiger partial charge in [-0.05, 0) is 12.5 Å². The first kappa shape index (κ1) is 12.3. The average Bonchev–Trinajstić information content (AvgIpc) is 2.26. The van der Waals surface area contributed by atoms with E-state index in [9.17, 15) is 5.11 Å². The lowest BCUT2D eigenvalue weighted by molar-refractivity contribution is 0.168. The molecule has 0 aliphatic heterocycles. The molecule has 0 aromatic heterocycles. The van der Waals surface area contributed by atoms with Gasteiger partial charge in [-0.25, -0.2) is 0 Å². The zero-order valence-corrected chi connectivity index (χ0v) is 10.7. The third-order valence-corrected chi connectivity index (χ3v) is 2.90. The van der Waals surface area contributed by atoms with Crippen LogP contribution in [0, 0.1) is 0 Å².